The summed E-state index contributed by atoms with van der Waals surface area (Å²) in [7, 11) is -3.84. The number of carbonyl (C=O) groups is 1. The third-order valence-corrected chi connectivity index (χ3v) is 7.91. The number of carbonyl (C=O) groups excluding carboxylic acids is 1. The average Bonchev–Trinajstić information content (AvgIpc) is 2.98. The summed E-state index contributed by atoms with van der Waals surface area (Å²) >= 11 is 6.01. The third kappa shape index (κ3) is 4.88. The molecule has 0 saturated carbocycles. The van der Waals surface area contributed by atoms with Crippen LogP contribution in [0.3, 0.4) is 0 Å². The number of sulfonamides is 1. The molecule has 9 heteroatoms. The standard InChI is InChI=1S/C24H24ClN3O3S.ClH/c25-20-6-3-18-14-22(8-5-17(18)12-20)32(30,31)27-23-9-11-28(24(23)29)21-7-4-16-2-1-10-26-15-19(16)13-21;/h3-8,12-14,23,26-27H,1-2,9-11,15H2;1H/t23-;/m0./s1. The second kappa shape index (κ2) is 9.60. The molecule has 0 aromatic heterocycles. The van der Waals surface area contributed by atoms with E-state index < -0.39 is 16.1 Å². The van der Waals surface area contributed by atoms with E-state index in [9.17, 15) is 13.2 Å². The fourth-order valence-corrected chi connectivity index (χ4v) is 5.92. The Hall–Kier alpha value is -2.16. The van der Waals surface area contributed by atoms with Gasteiger partial charge >= 0.3 is 0 Å². The molecule has 2 heterocycles. The molecule has 3 aromatic carbocycles. The van der Waals surface area contributed by atoms with Crippen molar-refractivity contribution in [3.8, 4) is 0 Å². The van der Waals surface area contributed by atoms with Crippen LogP contribution in [0.4, 0.5) is 5.69 Å². The molecular formula is C24H25Cl2N3O3S. The van der Waals surface area contributed by atoms with Crippen molar-refractivity contribution in [3.05, 3.63) is 70.7 Å². The van der Waals surface area contributed by atoms with Crippen molar-refractivity contribution < 1.29 is 13.2 Å². The molecule has 1 atom stereocenters. The zero-order valence-electron chi connectivity index (χ0n) is 17.9. The molecule has 0 bridgehead atoms. The fraction of sp³-hybridized carbons (Fsp3) is 0.292. The fourth-order valence-electron chi connectivity index (χ4n) is 4.48. The third-order valence-electron chi connectivity index (χ3n) is 6.20. The summed E-state index contributed by atoms with van der Waals surface area (Å²) in [6, 6.07) is 15.5. The summed E-state index contributed by atoms with van der Waals surface area (Å²) in [4.78, 5) is 14.9. The first kappa shape index (κ1) is 24.0. The Morgan fingerprint density at radius 2 is 1.79 bits per heavy atom. The lowest BCUT2D eigenvalue weighted by molar-refractivity contribution is -0.118. The number of nitrogens with zero attached hydrogens (tertiary/aromatic N) is 1. The Morgan fingerprint density at radius 3 is 2.64 bits per heavy atom. The summed E-state index contributed by atoms with van der Waals surface area (Å²) in [6.07, 6.45) is 2.55. The van der Waals surface area contributed by atoms with E-state index in [0.717, 1.165) is 42.4 Å². The molecule has 1 saturated heterocycles. The van der Waals surface area contributed by atoms with Gasteiger partial charge in [0.05, 0.1) is 4.90 Å². The maximum absolute atomic E-state index is 13.1. The van der Waals surface area contributed by atoms with Crippen LogP contribution in [0.5, 0.6) is 0 Å². The second-order valence-corrected chi connectivity index (χ2v) is 10.5. The van der Waals surface area contributed by atoms with Gasteiger partial charge in [-0.1, -0.05) is 29.8 Å². The SMILES string of the molecule is Cl.O=C1[C@@H](NS(=O)(=O)c2ccc3cc(Cl)ccc3c2)CCN1c1ccc2c(c1)CNCCC2. The summed E-state index contributed by atoms with van der Waals surface area (Å²) < 4.78 is 28.6. The predicted molar refractivity (Wildman–Crippen MR) is 134 cm³/mol. The zero-order valence-corrected chi connectivity index (χ0v) is 20.3. The predicted octanol–water partition coefficient (Wildman–Crippen LogP) is 4.03. The molecule has 174 valence electrons. The minimum absolute atomic E-state index is 0. The van der Waals surface area contributed by atoms with Crippen molar-refractivity contribution >= 4 is 56.4 Å². The topological polar surface area (TPSA) is 78.5 Å². The summed E-state index contributed by atoms with van der Waals surface area (Å²) in [5.74, 6) is -0.220. The first-order chi connectivity index (χ1) is 15.4. The van der Waals surface area contributed by atoms with Crippen molar-refractivity contribution in [3.63, 3.8) is 0 Å². The number of halogens is 2. The van der Waals surface area contributed by atoms with E-state index in [1.165, 1.54) is 17.2 Å². The smallest absolute Gasteiger partial charge is 0.245 e. The summed E-state index contributed by atoms with van der Waals surface area (Å²) in [5.41, 5.74) is 3.33. The van der Waals surface area contributed by atoms with Crippen LogP contribution in [0.15, 0.2) is 59.5 Å². The Labute approximate surface area is 204 Å². The Bertz CT molecular complexity index is 1310. The number of hydrogen-bond acceptors (Lipinski definition) is 4. The highest BCUT2D eigenvalue weighted by molar-refractivity contribution is 7.89. The highest BCUT2D eigenvalue weighted by Gasteiger charge is 2.36. The molecule has 5 rings (SSSR count). The first-order valence-electron chi connectivity index (χ1n) is 10.8. The van der Waals surface area contributed by atoms with Gasteiger partial charge in [-0.05, 0) is 84.1 Å². The van der Waals surface area contributed by atoms with E-state index in [4.69, 9.17) is 11.6 Å². The van der Waals surface area contributed by atoms with E-state index >= 15 is 0 Å². The number of aryl methyl sites for hydroxylation is 1. The van der Waals surface area contributed by atoms with E-state index in [0.29, 0.717) is 18.0 Å². The molecule has 33 heavy (non-hydrogen) atoms. The van der Waals surface area contributed by atoms with Crippen LogP contribution >= 0.6 is 24.0 Å². The van der Waals surface area contributed by atoms with Gasteiger partial charge in [0.15, 0.2) is 0 Å². The molecule has 0 aliphatic carbocycles. The Morgan fingerprint density at radius 1 is 1.00 bits per heavy atom. The van der Waals surface area contributed by atoms with Crippen molar-refractivity contribution in [2.24, 2.45) is 0 Å². The lowest BCUT2D eigenvalue weighted by atomic mass is 10.0. The second-order valence-electron chi connectivity index (χ2n) is 8.34. The van der Waals surface area contributed by atoms with Gasteiger partial charge in [-0.2, -0.15) is 4.72 Å². The van der Waals surface area contributed by atoms with Gasteiger partial charge in [0.1, 0.15) is 6.04 Å². The molecule has 2 aliphatic rings. The maximum Gasteiger partial charge on any atom is 0.245 e. The number of nitrogens with one attached hydrogen (secondary N) is 2. The highest BCUT2D eigenvalue weighted by atomic mass is 35.5. The monoisotopic (exact) mass is 505 g/mol. The summed E-state index contributed by atoms with van der Waals surface area (Å²) in [5, 5.41) is 5.63. The number of benzene rings is 3. The zero-order chi connectivity index (χ0) is 22.3. The molecule has 3 aromatic rings. The molecule has 0 radical (unpaired) electrons. The Balaban J connectivity index is 0.00000259. The lowest BCUT2D eigenvalue weighted by Crippen LogP contribution is -2.41. The highest BCUT2D eigenvalue weighted by Crippen LogP contribution is 2.27. The van der Waals surface area contributed by atoms with Crippen LogP contribution in [0.25, 0.3) is 10.8 Å². The van der Waals surface area contributed by atoms with Crippen LogP contribution in [0, 0.1) is 0 Å². The van der Waals surface area contributed by atoms with Gasteiger partial charge in [0.25, 0.3) is 0 Å². The van der Waals surface area contributed by atoms with Crippen molar-refractivity contribution in [1.82, 2.24) is 10.0 Å². The molecule has 6 nitrogen and oxygen atoms in total. The van der Waals surface area contributed by atoms with Crippen LogP contribution in [-0.2, 0) is 27.8 Å². The molecule has 1 amide bonds. The number of hydrogen-bond donors (Lipinski definition) is 2. The minimum Gasteiger partial charge on any atom is -0.313 e. The van der Waals surface area contributed by atoms with E-state index in [-0.39, 0.29) is 23.2 Å². The molecule has 2 aliphatic heterocycles. The van der Waals surface area contributed by atoms with E-state index in [1.54, 1.807) is 35.2 Å². The lowest BCUT2D eigenvalue weighted by Gasteiger charge is -2.19. The van der Waals surface area contributed by atoms with Crippen molar-refractivity contribution in [2.45, 2.75) is 36.7 Å². The number of fused-ring (bicyclic) bond motifs is 2. The number of anilines is 1. The molecule has 2 N–H and O–H groups in total. The van der Waals surface area contributed by atoms with Gasteiger partial charge < -0.3 is 10.2 Å². The number of amides is 1. The van der Waals surface area contributed by atoms with Crippen molar-refractivity contribution in [2.75, 3.05) is 18.0 Å². The van der Waals surface area contributed by atoms with Gasteiger partial charge in [0, 0.05) is 23.8 Å². The van der Waals surface area contributed by atoms with Crippen molar-refractivity contribution in [1.29, 1.82) is 0 Å². The van der Waals surface area contributed by atoms with E-state index in [1.807, 2.05) is 6.07 Å². The minimum atomic E-state index is -3.84. The van der Waals surface area contributed by atoms with Gasteiger partial charge in [-0.25, -0.2) is 8.42 Å². The molecule has 1 fully saturated rings. The van der Waals surface area contributed by atoms with Gasteiger partial charge in [0.2, 0.25) is 15.9 Å². The molecular weight excluding hydrogens is 481 g/mol. The number of rotatable bonds is 4. The van der Waals surface area contributed by atoms with Crippen LogP contribution in [-0.4, -0.2) is 33.5 Å². The van der Waals surface area contributed by atoms with Crippen LogP contribution in [0.2, 0.25) is 5.02 Å². The molecule has 0 unspecified atom stereocenters. The molecule has 0 spiro atoms. The van der Waals surface area contributed by atoms with Gasteiger partial charge in [-0.15, -0.1) is 12.4 Å². The average molecular weight is 506 g/mol. The van der Waals surface area contributed by atoms with Crippen LogP contribution < -0.4 is 14.9 Å². The van der Waals surface area contributed by atoms with Crippen LogP contribution in [0.1, 0.15) is 24.0 Å². The normalized spacial score (nSPS) is 18.6. The van der Waals surface area contributed by atoms with E-state index in [2.05, 4.69) is 22.2 Å². The quantitative estimate of drug-likeness (QED) is 0.560. The van der Waals surface area contributed by atoms with Gasteiger partial charge in [-0.3, -0.25) is 4.79 Å². The Kier molecular flexibility index (Phi) is 6.98. The largest absolute Gasteiger partial charge is 0.313 e. The summed E-state index contributed by atoms with van der Waals surface area (Å²) in [6.45, 7) is 2.25. The maximum atomic E-state index is 13.1. The first-order valence-corrected chi connectivity index (χ1v) is 12.6.